The van der Waals surface area contributed by atoms with E-state index in [0.29, 0.717) is 46.4 Å². The SMILES string of the molecule is CCC(Sc1cccc(NC(=O)c2ccc(OC)c(OC)c2)c1)C(=O)Nc1cc(OC)ccc1OC. The number of anilines is 2. The average Bonchev–Trinajstić information content (AvgIpc) is 2.91. The summed E-state index contributed by atoms with van der Waals surface area (Å²) in [5.74, 6) is 1.73. The van der Waals surface area contributed by atoms with Gasteiger partial charge in [0, 0.05) is 22.2 Å². The van der Waals surface area contributed by atoms with E-state index in [1.807, 2.05) is 25.1 Å². The normalized spacial score (nSPS) is 11.2. The first-order valence-electron chi connectivity index (χ1n) is 11.2. The van der Waals surface area contributed by atoms with Gasteiger partial charge < -0.3 is 29.6 Å². The van der Waals surface area contributed by atoms with E-state index in [0.717, 1.165) is 4.90 Å². The third-order valence-electron chi connectivity index (χ3n) is 5.34. The molecule has 0 saturated heterocycles. The van der Waals surface area contributed by atoms with Crippen molar-refractivity contribution in [3.05, 3.63) is 66.2 Å². The Kier molecular flexibility index (Phi) is 9.46. The van der Waals surface area contributed by atoms with Crippen molar-refractivity contribution in [2.75, 3.05) is 39.1 Å². The number of hydrogen-bond acceptors (Lipinski definition) is 7. The molecule has 2 amide bonds. The zero-order valence-electron chi connectivity index (χ0n) is 20.9. The lowest BCUT2D eigenvalue weighted by Crippen LogP contribution is -2.24. The Labute approximate surface area is 215 Å². The molecule has 0 aromatic heterocycles. The van der Waals surface area contributed by atoms with Crippen LogP contribution in [0, 0.1) is 0 Å². The summed E-state index contributed by atoms with van der Waals surface area (Å²) in [6.45, 7) is 1.95. The molecular weight excluding hydrogens is 480 g/mol. The zero-order valence-corrected chi connectivity index (χ0v) is 21.7. The number of ether oxygens (including phenoxy) is 4. The highest BCUT2D eigenvalue weighted by Crippen LogP contribution is 2.33. The monoisotopic (exact) mass is 510 g/mol. The van der Waals surface area contributed by atoms with Crippen molar-refractivity contribution < 1.29 is 28.5 Å². The molecule has 1 unspecified atom stereocenters. The Morgan fingerprint density at radius 2 is 1.53 bits per heavy atom. The number of carbonyl (C=O) groups is 2. The van der Waals surface area contributed by atoms with E-state index in [4.69, 9.17) is 18.9 Å². The van der Waals surface area contributed by atoms with E-state index in [1.54, 1.807) is 56.7 Å². The predicted octanol–water partition coefficient (Wildman–Crippen LogP) is 5.48. The molecule has 0 saturated carbocycles. The highest BCUT2D eigenvalue weighted by atomic mass is 32.2. The van der Waals surface area contributed by atoms with Crippen LogP contribution in [0.1, 0.15) is 23.7 Å². The summed E-state index contributed by atoms with van der Waals surface area (Å²) in [6, 6.07) is 17.6. The maximum Gasteiger partial charge on any atom is 0.255 e. The summed E-state index contributed by atoms with van der Waals surface area (Å²) < 4.78 is 21.1. The van der Waals surface area contributed by atoms with E-state index >= 15 is 0 Å². The van der Waals surface area contributed by atoms with Gasteiger partial charge in [-0.25, -0.2) is 0 Å². The highest BCUT2D eigenvalue weighted by Gasteiger charge is 2.20. The van der Waals surface area contributed by atoms with E-state index in [2.05, 4.69) is 10.6 Å². The molecule has 0 aliphatic heterocycles. The number of benzene rings is 3. The number of hydrogen-bond donors (Lipinski definition) is 2. The van der Waals surface area contributed by atoms with Gasteiger partial charge in [-0.1, -0.05) is 13.0 Å². The topological polar surface area (TPSA) is 95.1 Å². The van der Waals surface area contributed by atoms with E-state index in [1.165, 1.54) is 26.0 Å². The minimum absolute atomic E-state index is 0.159. The molecule has 3 aromatic rings. The lowest BCUT2D eigenvalue weighted by molar-refractivity contribution is -0.115. The van der Waals surface area contributed by atoms with Crippen LogP contribution in [0.4, 0.5) is 11.4 Å². The average molecular weight is 511 g/mol. The van der Waals surface area contributed by atoms with Crippen LogP contribution in [0.3, 0.4) is 0 Å². The molecule has 8 nitrogen and oxygen atoms in total. The summed E-state index contributed by atoms with van der Waals surface area (Å²) in [6.07, 6.45) is 0.602. The third kappa shape index (κ3) is 6.63. The maximum absolute atomic E-state index is 13.1. The molecule has 0 fully saturated rings. The van der Waals surface area contributed by atoms with Crippen LogP contribution in [0.15, 0.2) is 65.6 Å². The van der Waals surface area contributed by atoms with Gasteiger partial charge in [-0.05, 0) is 55.0 Å². The van der Waals surface area contributed by atoms with Gasteiger partial charge in [-0.3, -0.25) is 9.59 Å². The van der Waals surface area contributed by atoms with E-state index in [9.17, 15) is 9.59 Å². The second-order valence-electron chi connectivity index (χ2n) is 7.62. The Hall–Kier alpha value is -3.85. The number of nitrogens with one attached hydrogen (secondary N) is 2. The predicted molar refractivity (Wildman–Crippen MR) is 142 cm³/mol. The second kappa shape index (κ2) is 12.7. The van der Waals surface area contributed by atoms with Gasteiger partial charge in [0.25, 0.3) is 5.91 Å². The number of methoxy groups -OCH3 is 4. The summed E-state index contributed by atoms with van der Waals surface area (Å²) in [5.41, 5.74) is 1.59. The molecule has 1 atom stereocenters. The van der Waals surface area contributed by atoms with Gasteiger partial charge in [-0.2, -0.15) is 0 Å². The molecule has 190 valence electrons. The van der Waals surface area contributed by atoms with Crippen molar-refractivity contribution in [1.82, 2.24) is 0 Å². The van der Waals surface area contributed by atoms with Crippen molar-refractivity contribution in [3.63, 3.8) is 0 Å². The molecule has 9 heteroatoms. The number of amides is 2. The molecule has 3 rings (SSSR count). The third-order valence-corrected chi connectivity index (χ3v) is 6.70. The largest absolute Gasteiger partial charge is 0.497 e. The van der Waals surface area contributed by atoms with Gasteiger partial charge in [-0.15, -0.1) is 11.8 Å². The lowest BCUT2D eigenvalue weighted by atomic mass is 10.2. The molecule has 0 aliphatic rings. The number of thioether (sulfide) groups is 1. The van der Waals surface area contributed by atoms with Crippen LogP contribution in [-0.4, -0.2) is 45.5 Å². The van der Waals surface area contributed by atoms with Crippen LogP contribution >= 0.6 is 11.8 Å². The molecular formula is C27H30N2O6S. The number of rotatable bonds is 11. The molecule has 2 N–H and O–H groups in total. The van der Waals surface area contributed by atoms with Crippen molar-refractivity contribution in [3.8, 4) is 23.0 Å². The lowest BCUT2D eigenvalue weighted by Gasteiger charge is -2.17. The molecule has 36 heavy (non-hydrogen) atoms. The Balaban J connectivity index is 1.71. The van der Waals surface area contributed by atoms with Gasteiger partial charge in [0.1, 0.15) is 11.5 Å². The molecule has 0 spiro atoms. The maximum atomic E-state index is 13.1. The Morgan fingerprint density at radius 1 is 0.806 bits per heavy atom. The highest BCUT2D eigenvalue weighted by molar-refractivity contribution is 8.00. The second-order valence-corrected chi connectivity index (χ2v) is 8.90. The minimum Gasteiger partial charge on any atom is -0.497 e. The van der Waals surface area contributed by atoms with Crippen molar-refractivity contribution in [2.45, 2.75) is 23.5 Å². The fourth-order valence-electron chi connectivity index (χ4n) is 3.44. The van der Waals surface area contributed by atoms with Crippen LogP contribution in [0.25, 0.3) is 0 Å². The number of carbonyl (C=O) groups excluding carboxylic acids is 2. The van der Waals surface area contributed by atoms with Gasteiger partial charge in [0.05, 0.1) is 39.4 Å². The van der Waals surface area contributed by atoms with Crippen molar-refractivity contribution in [2.24, 2.45) is 0 Å². The Bertz CT molecular complexity index is 1220. The van der Waals surface area contributed by atoms with E-state index in [-0.39, 0.29) is 17.1 Å². The van der Waals surface area contributed by atoms with Crippen LogP contribution in [-0.2, 0) is 4.79 Å². The van der Waals surface area contributed by atoms with Crippen LogP contribution < -0.4 is 29.6 Å². The van der Waals surface area contributed by atoms with Gasteiger partial charge in [0.15, 0.2) is 11.5 Å². The summed E-state index contributed by atoms with van der Waals surface area (Å²) in [4.78, 5) is 26.7. The van der Waals surface area contributed by atoms with Gasteiger partial charge >= 0.3 is 0 Å². The van der Waals surface area contributed by atoms with Crippen LogP contribution in [0.5, 0.6) is 23.0 Å². The quantitative estimate of drug-likeness (QED) is 0.330. The molecule has 0 heterocycles. The summed E-state index contributed by atoms with van der Waals surface area (Å²) in [5, 5.41) is 5.47. The minimum atomic E-state index is -0.363. The first-order valence-corrected chi connectivity index (χ1v) is 12.1. The van der Waals surface area contributed by atoms with Gasteiger partial charge in [0.2, 0.25) is 5.91 Å². The fraction of sp³-hybridized carbons (Fsp3) is 0.259. The first-order chi connectivity index (χ1) is 17.4. The zero-order chi connectivity index (χ0) is 26.1. The molecule has 0 radical (unpaired) electrons. The van der Waals surface area contributed by atoms with E-state index < -0.39 is 0 Å². The fourth-order valence-corrected chi connectivity index (χ4v) is 4.45. The molecule has 3 aromatic carbocycles. The van der Waals surface area contributed by atoms with Crippen LogP contribution in [0.2, 0.25) is 0 Å². The standard InChI is InChI=1S/C27H30N2O6S/c1-6-25(27(31)29-21-16-19(32-2)11-13-22(21)33-3)36-20-9-7-8-18(15-20)28-26(30)17-10-12-23(34-4)24(14-17)35-5/h7-16,25H,6H2,1-5H3,(H,28,30)(H,29,31). The summed E-state index contributed by atoms with van der Waals surface area (Å²) in [7, 11) is 6.17. The molecule has 0 aliphatic carbocycles. The summed E-state index contributed by atoms with van der Waals surface area (Å²) >= 11 is 1.42. The smallest absolute Gasteiger partial charge is 0.255 e. The Morgan fingerprint density at radius 3 is 2.19 bits per heavy atom. The first kappa shape index (κ1) is 26.7. The van der Waals surface area contributed by atoms with Crippen molar-refractivity contribution in [1.29, 1.82) is 0 Å². The molecule has 0 bridgehead atoms. The van der Waals surface area contributed by atoms with Crippen molar-refractivity contribution >= 4 is 35.0 Å².